The van der Waals surface area contributed by atoms with Gasteiger partial charge < -0.3 is 4.42 Å². The SMILES string of the molecule is O=C(CSc1nnc(-c2ccccc2F)o1)n1c2ccccc2c2ccccc21. The number of hydrogen-bond donors (Lipinski definition) is 0. The van der Waals surface area contributed by atoms with Crippen molar-refractivity contribution in [2.24, 2.45) is 0 Å². The molecule has 0 saturated carbocycles. The van der Waals surface area contributed by atoms with E-state index < -0.39 is 5.82 Å². The lowest BCUT2D eigenvalue weighted by molar-refractivity contribution is 0.0951. The van der Waals surface area contributed by atoms with Crippen molar-refractivity contribution in [3.8, 4) is 11.5 Å². The van der Waals surface area contributed by atoms with Gasteiger partial charge in [-0.05, 0) is 24.3 Å². The first-order valence-corrected chi connectivity index (χ1v) is 9.93. The van der Waals surface area contributed by atoms with Crippen LogP contribution in [0.5, 0.6) is 0 Å². The molecule has 0 aliphatic carbocycles. The maximum absolute atomic E-state index is 13.9. The highest BCUT2D eigenvalue weighted by Gasteiger charge is 2.18. The Morgan fingerprint density at radius 1 is 0.897 bits per heavy atom. The van der Waals surface area contributed by atoms with Gasteiger partial charge in [0.25, 0.3) is 11.1 Å². The molecule has 0 aliphatic heterocycles. The fraction of sp³-hybridized carbons (Fsp3) is 0.0455. The second-order valence-corrected chi connectivity index (χ2v) is 7.33. The van der Waals surface area contributed by atoms with Gasteiger partial charge in [0.15, 0.2) is 0 Å². The molecule has 7 heteroatoms. The third-order valence-corrected chi connectivity index (χ3v) is 5.46. The van der Waals surface area contributed by atoms with Crippen molar-refractivity contribution >= 4 is 39.5 Å². The van der Waals surface area contributed by atoms with Gasteiger partial charge in [-0.25, -0.2) is 4.39 Å². The molecule has 2 heterocycles. The summed E-state index contributed by atoms with van der Waals surface area (Å²) < 4.78 is 21.1. The van der Waals surface area contributed by atoms with Crippen LogP contribution in [0.4, 0.5) is 4.39 Å². The van der Waals surface area contributed by atoms with Crippen molar-refractivity contribution in [2.45, 2.75) is 5.22 Å². The largest absolute Gasteiger partial charge is 0.411 e. The average molecular weight is 403 g/mol. The van der Waals surface area contributed by atoms with E-state index in [1.54, 1.807) is 22.8 Å². The molecule has 2 aromatic heterocycles. The number of rotatable bonds is 4. The summed E-state index contributed by atoms with van der Waals surface area (Å²) in [5.74, 6) is -0.330. The number of nitrogens with zero attached hydrogens (tertiary/aromatic N) is 3. The van der Waals surface area contributed by atoms with Gasteiger partial charge in [0.1, 0.15) is 5.82 Å². The topological polar surface area (TPSA) is 60.9 Å². The molecule has 0 amide bonds. The van der Waals surface area contributed by atoms with Crippen LogP contribution in [0.25, 0.3) is 33.3 Å². The number of carbonyl (C=O) groups is 1. The molecular weight excluding hydrogens is 389 g/mol. The van der Waals surface area contributed by atoms with Crippen molar-refractivity contribution < 1.29 is 13.6 Å². The second kappa shape index (κ2) is 7.18. The van der Waals surface area contributed by atoms with Crippen molar-refractivity contribution in [3.05, 3.63) is 78.6 Å². The number of halogens is 1. The number of thioether (sulfide) groups is 1. The summed E-state index contributed by atoms with van der Waals surface area (Å²) in [4.78, 5) is 13.0. The van der Waals surface area contributed by atoms with Gasteiger partial charge in [-0.2, -0.15) is 0 Å². The number of aromatic nitrogens is 3. The van der Waals surface area contributed by atoms with E-state index in [0.29, 0.717) is 0 Å². The van der Waals surface area contributed by atoms with E-state index in [1.165, 1.54) is 6.07 Å². The second-order valence-electron chi connectivity index (χ2n) is 6.41. The molecule has 0 atom stereocenters. The standard InChI is InChI=1S/C22H14FN3O2S/c23-17-10-4-1-9-16(17)21-24-25-22(28-21)29-13-20(27)26-18-11-5-2-7-14(18)15-8-3-6-12-19(15)26/h1-12H,13H2. The van der Waals surface area contributed by atoms with Gasteiger partial charge >= 0.3 is 0 Å². The molecule has 0 unspecified atom stereocenters. The maximum atomic E-state index is 13.9. The first-order chi connectivity index (χ1) is 14.2. The van der Waals surface area contributed by atoms with Gasteiger partial charge in [-0.3, -0.25) is 9.36 Å². The molecule has 142 valence electrons. The van der Waals surface area contributed by atoms with E-state index in [-0.39, 0.29) is 28.3 Å². The van der Waals surface area contributed by atoms with Crippen LogP contribution in [0.3, 0.4) is 0 Å². The van der Waals surface area contributed by atoms with E-state index in [9.17, 15) is 9.18 Å². The predicted octanol–water partition coefficient (Wildman–Crippen LogP) is 5.42. The molecule has 0 radical (unpaired) electrons. The van der Waals surface area contributed by atoms with Crippen LogP contribution in [-0.2, 0) is 0 Å². The summed E-state index contributed by atoms with van der Waals surface area (Å²) in [6.07, 6.45) is 0. The van der Waals surface area contributed by atoms with Gasteiger partial charge in [-0.15, -0.1) is 10.2 Å². The molecule has 5 nitrogen and oxygen atoms in total. The van der Waals surface area contributed by atoms with Crippen molar-refractivity contribution in [2.75, 3.05) is 5.75 Å². The van der Waals surface area contributed by atoms with Crippen LogP contribution in [0, 0.1) is 5.82 Å². The van der Waals surface area contributed by atoms with Crippen LogP contribution >= 0.6 is 11.8 Å². The van der Waals surface area contributed by atoms with Crippen LogP contribution in [0.1, 0.15) is 4.79 Å². The molecule has 0 saturated heterocycles. The van der Waals surface area contributed by atoms with Crippen molar-refractivity contribution in [3.63, 3.8) is 0 Å². The molecule has 0 N–H and O–H groups in total. The van der Waals surface area contributed by atoms with Gasteiger partial charge in [-0.1, -0.05) is 60.3 Å². The summed E-state index contributed by atoms with van der Waals surface area (Å²) >= 11 is 1.13. The monoisotopic (exact) mass is 403 g/mol. The number of carbonyl (C=O) groups excluding carboxylic acids is 1. The number of para-hydroxylation sites is 2. The van der Waals surface area contributed by atoms with Crippen LogP contribution in [-0.4, -0.2) is 26.4 Å². The maximum Gasteiger partial charge on any atom is 0.277 e. The lowest BCUT2D eigenvalue weighted by atomic mass is 10.2. The minimum Gasteiger partial charge on any atom is -0.411 e. The molecular formula is C22H14FN3O2S. The number of fused-ring (bicyclic) bond motifs is 3. The van der Waals surface area contributed by atoms with Crippen LogP contribution < -0.4 is 0 Å². The average Bonchev–Trinajstić information content (AvgIpc) is 3.35. The Hall–Kier alpha value is -3.45. The summed E-state index contributed by atoms with van der Waals surface area (Å²) in [7, 11) is 0. The first kappa shape index (κ1) is 17.6. The molecule has 29 heavy (non-hydrogen) atoms. The van der Waals surface area contributed by atoms with Crippen molar-refractivity contribution in [1.29, 1.82) is 0 Å². The zero-order chi connectivity index (χ0) is 19.8. The number of benzene rings is 3. The van der Waals surface area contributed by atoms with Gasteiger partial charge in [0.2, 0.25) is 5.91 Å². The zero-order valence-corrected chi connectivity index (χ0v) is 15.9. The zero-order valence-electron chi connectivity index (χ0n) is 15.1. The highest BCUT2D eigenvalue weighted by molar-refractivity contribution is 7.99. The minimum atomic E-state index is -0.436. The highest BCUT2D eigenvalue weighted by atomic mass is 32.2. The third kappa shape index (κ3) is 3.09. The minimum absolute atomic E-state index is 0.0925. The normalized spacial score (nSPS) is 11.3. The summed E-state index contributed by atoms with van der Waals surface area (Å²) in [5, 5.41) is 10.1. The van der Waals surface area contributed by atoms with E-state index in [2.05, 4.69) is 10.2 Å². The highest BCUT2D eigenvalue weighted by Crippen LogP contribution is 2.30. The quantitative estimate of drug-likeness (QED) is 0.375. The van der Waals surface area contributed by atoms with Gasteiger partial charge in [0.05, 0.1) is 22.3 Å². The fourth-order valence-corrected chi connectivity index (χ4v) is 4.00. The lowest BCUT2D eigenvalue weighted by Crippen LogP contribution is -2.12. The van der Waals surface area contributed by atoms with E-state index >= 15 is 0 Å². The predicted molar refractivity (Wildman–Crippen MR) is 110 cm³/mol. The Kier molecular flexibility index (Phi) is 4.37. The Morgan fingerprint density at radius 3 is 2.21 bits per heavy atom. The lowest BCUT2D eigenvalue weighted by Gasteiger charge is -2.04. The van der Waals surface area contributed by atoms with E-state index in [4.69, 9.17) is 4.42 Å². The van der Waals surface area contributed by atoms with Gasteiger partial charge in [0, 0.05) is 10.8 Å². The molecule has 3 aromatic carbocycles. The fourth-order valence-electron chi connectivity index (χ4n) is 3.39. The molecule has 5 aromatic rings. The van der Waals surface area contributed by atoms with Crippen LogP contribution in [0.2, 0.25) is 0 Å². The molecule has 0 bridgehead atoms. The Bertz CT molecular complexity index is 1310. The Balaban J connectivity index is 1.43. The summed E-state index contributed by atoms with van der Waals surface area (Å²) in [6.45, 7) is 0. The third-order valence-electron chi connectivity index (χ3n) is 4.66. The molecule has 0 spiro atoms. The van der Waals surface area contributed by atoms with Crippen LogP contribution in [0.15, 0.2) is 82.4 Å². The van der Waals surface area contributed by atoms with Crippen molar-refractivity contribution in [1.82, 2.24) is 14.8 Å². The molecule has 0 fully saturated rings. The number of hydrogen-bond acceptors (Lipinski definition) is 5. The summed E-state index contributed by atoms with van der Waals surface area (Å²) in [5.41, 5.74) is 1.95. The van der Waals surface area contributed by atoms with E-state index in [0.717, 1.165) is 33.6 Å². The summed E-state index contributed by atoms with van der Waals surface area (Å²) in [6, 6.07) is 21.8. The molecule has 0 aliphatic rings. The molecule has 5 rings (SSSR count). The Morgan fingerprint density at radius 2 is 1.52 bits per heavy atom. The van der Waals surface area contributed by atoms with E-state index in [1.807, 2.05) is 48.5 Å². The smallest absolute Gasteiger partial charge is 0.277 e. The first-order valence-electron chi connectivity index (χ1n) is 8.95. The Labute approximate surface area is 169 Å².